The Morgan fingerprint density at radius 1 is 1.10 bits per heavy atom. The van der Waals surface area contributed by atoms with Gasteiger partial charge in [-0.1, -0.05) is 17.7 Å². The molecule has 0 spiro atoms. The molecule has 6 heteroatoms. The zero-order chi connectivity index (χ0) is 14.8. The van der Waals surface area contributed by atoms with Gasteiger partial charge in [-0.25, -0.2) is 0 Å². The van der Waals surface area contributed by atoms with Gasteiger partial charge in [-0.15, -0.1) is 0 Å². The number of rotatable bonds is 3. The molecular formula is C15H17ClN4S. The summed E-state index contributed by atoms with van der Waals surface area (Å²) < 4.78 is 0. The van der Waals surface area contributed by atoms with E-state index in [1.165, 1.54) is 35.7 Å². The van der Waals surface area contributed by atoms with E-state index < -0.39 is 0 Å². The maximum Gasteiger partial charge on any atom is 0.230 e. The van der Waals surface area contributed by atoms with Crippen LogP contribution in [0.4, 0.5) is 5.95 Å². The highest BCUT2D eigenvalue weighted by Gasteiger charge is 2.17. The number of aromatic nitrogens is 3. The highest BCUT2D eigenvalue weighted by atomic mass is 35.5. The van der Waals surface area contributed by atoms with Crippen LogP contribution in [0.15, 0.2) is 28.3 Å². The molecule has 2 aromatic rings. The summed E-state index contributed by atoms with van der Waals surface area (Å²) in [5.41, 5.74) is 2.47. The molecule has 1 aliphatic heterocycles. The quantitative estimate of drug-likeness (QED) is 0.858. The van der Waals surface area contributed by atoms with Crippen LogP contribution in [-0.2, 0) is 0 Å². The highest BCUT2D eigenvalue weighted by molar-refractivity contribution is 7.99. The molecule has 0 bridgehead atoms. The van der Waals surface area contributed by atoms with Crippen molar-refractivity contribution in [1.82, 2.24) is 15.0 Å². The number of hydrogen-bond donors (Lipinski definition) is 0. The third kappa shape index (κ3) is 3.47. The summed E-state index contributed by atoms with van der Waals surface area (Å²) in [5, 5.41) is 0.919. The van der Waals surface area contributed by atoms with Crippen molar-refractivity contribution in [2.45, 2.75) is 36.7 Å². The van der Waals surface area contributed by atoms with Crippen LogP contribution in [0.3, 0.4) is 0 Å². The second-order valence-corrected chi connectivity index (χ2v) is 6.60. The maximum absolute atomic E-state index is 6.06. The number of nitrogens with zero attached hydrogens (tertiary/aromatic N) is 4. The number of anilines is 1. The molecule has 1 fully saturated rings. The predicted molar refractivity (Wildman–Crippen MR) is 86.3 cm³/mol. The van der Waals surface area contributed by atoms with Crippen LogP contribution >= 0.6 is 23.4 Å². The van der Waals surface area contributed by atoms with Crippen molar-refractivity contribution in [3.05, 3.63) is 34.6 Å². The lowest BCUT2D eigenvalue weighted by atomic mass is 10.2. The summed E-state index contributed by atoms with van der Waals surface area (Å²) in [7, 11) is 0. The fraction of sp³-hybridized carbons (Fsp3) is 0.400. The van der Waals surface area contributed by atoms with Gasteiger partial charge >= 0.3 is 0 Å². The topological polar surface area (TPSA) is 41.9 Å². The molecule has 110 valence electrons. The van der Waals surface area contributed by atoms with Crippen molar-refractivity contribution >= 4 is 29.3 Å². The predicted octanol–water partition coefficient (Wildman–Crippen LogP) is 3.89. The summed E-state index contributed by atoms with van der Waals surface area (Å²) in [6.07, 6.45) is 2.37. The van der Waals surface area contributed by atoms with Gasteiger partial charge in [-0.2, -0.15) is 15.0 Å². The third-order valence-corrected chi connectivity index (χ3v) is 4.71. The van der Waals surface area contributed by atoms with Crippen molar-refractivity contribution in [3.8, 4) is 0 Å². The molecule has 21 heavy (non-hydrogen) atoms. The Hall–Kier alpha value is -1.33. The Labute approximate surface area is 134 Å². The van der Waals surface area contributed by atoms with Crippen molar-refractivity contribution in [1.29, 1.82) is 0 Å². The monoisotopic (exact) mass is 320 g/mol. The van der Waals surface area contributed by atoms with E-state index in [2.05, 4.69) is 51.9 Å². The average Bonchev–Trinajstić information content (AvgIpc) is 2.95. The SMILES string of the molecule is Cc1ccc(Sc2nc(Cl)nc(N3CCCC3)n2)c(C)c1. The van der Waals surface area contributed by atoms with E-state index in [0.717, 1.165) is 18.0 Å². The molecule has 1 aliphatic rings. The smallest absolute Gasteiger partial charge is 0.230 e. The van der Waals surface area contributed by atoms with Crippen LogP contribution in [-0.4, -0.2) is 28.0 Å². The van der Waals surface area contributed by atoms with E-state index in [0.29, 0.717) is 11.1 Å². The van der Waals surface area contributed by atoms with Gasteiger partial charge in [0.2, 0.25) is 11.2 Å². The molecule has 0 unspecified atom stereocenters. The van der Waals surface area contributed by atoms with Crippen LogP contribution in [0.25, 0.3) is 0 Å². The summed E-state index contributed by atoms with van der Waals surface area (Å²) in [5.74, 6) is 0.694. The van der Waals surface area contributed by atoms with Gasteiger partial charge in [-0.3, -0.25) is 0 Å². The van der Waals surface area contributed by atoms with Gasteiger partial charge in [0.15, 0.2) is 5.16 Å². The first kappa shape index (κ1) is 14.6. The van der Waals surface area contributed by atoms with Crippen molar-refractivity contribution < 1.29 is 0 Å². The molecule has 1 saturated heterocycles. The van der Waals surface area contributed by atoms with E-state index in [1.807, 2.05) is 0 Å². The minimum Gasteiger partial charge on any atom is -0.341 e. The van der Waals surface area contributed by atoms with E-state index in [9.17, 15) is 0 Å². The normalized spacial score (nSPS) is 14.7. The van der Waals surface area contributed by atoms with E-state index in [4.69, 9.17) is 11.6 Å². The second-order valence-electron chi connectivity index (χ2n) is 5.25. The van der Waals surface area contributed by atoms with Crippen LogP contribution in [0.1, 0.15) is 24.0 Å². The van der Waals surface area contributed by atoms with Crippen molar-refractivity contribution in [2.24, 2.45) is 0 Å². The van der Waals surface area contributed by atoms with E-state index >= 15 is 0 Å². The largest absolute Gasteiger partial charge is 0.341 e. The molecule has 3 rings (SSSR count). The minimum absolute atomic E-state index is 0.263. The minimum atomic E-state index is 0.263. The summed E-state index contributed by atoms with van der Waals surface area (Å²) in [6.45, 7) is 6.17. The molecule has 0 radical (unpaired) electrons. The number of aryl methyl sites for hydroxylation is 2. The lowest BCUT2D eigenvalue weighted by Gasteiger charge is -2.15. The molecule has 0 aliphatic carbocycles. The molecule has 0 saturated carbocycles. The summed E-state index contributed by atoms with van der Waals surface area (Å²) in [6, 6.07) is 6.36. The number of benzene rings is 1. The van der Waals surface area contributed by atoms with Crippen LogP contribution < -0.4 is 4.90 Å². The van der Waals surface area contributed by atoms with Crippen molar-refractivity contribution in [3.63, 3.8) is 0 Å². The van der Waals surface area contributed by atoms with Gasteiger partial charge in [0, 0.05) is 18.0 Å². The van der Waals surface area contributed by atoms with E-state index in [1.54, 1.807) is 0 Å². The van der Waals surface area contributed by atoms with Crippen LogP contribution in [0.2, 0.25) is 5.28 Å². The zero-order valence-electron chi connectivity index (χ0n) is 12.1. The van der Waals surface area contributed by atoms with Gasteiger partial charge in [0.05, 0.1) is 0 Å². The van der Waals surface area contributed by atoms with Gasteiger partial charge in [0.25, 0.3) is 0 Å². The average molecular weight is 321 g/mol. The molecule has 2 heterocycles. The zero-order valence-corrected chi connectivity index (χ0v) is 13.7. The third-order valence-electron chi connectivity index (χ3n) is 3.50. The highest BCUT2D eigenvalue weighted by Crippen LogP contribution is 2.30. The number of hydrogen-bond acceptors (Lipinski definition) is 5. The number of halogens is 1. The molecule has 4 nitrogen and oxygen atoms in total. The first-order valence-electron chi connectivity index (χ1n) is 7.03. The molecule has 0 N–H and O–H groups in total. The van der Waals surface area contributed by atoms with Crippen molar-refractivity contribution in [2.75, 3.05) is 18.0 Å². The first-order chi connectivity index (χ1) is 10.1. The summed E-state index contributed by atoms with van der Waals surface area (Å²) >= 11 is 7.59. The molecule has 1 aromatic carbocycles. The Morgan fingerprint density at radius 3 is 2.57 bits per heavy atom. The summed E-state index contributed by atoms with van der Waals surface area (Å²) in [4.78, 5) is 16.4. The molecule has 0 amide bonds. The Morgan fingerprint density at radius 2 is 1.86 bits per heavy atom. The van der Waals surface area contributed by atoms with Crippen LogP contribution in [0, 0.1) is 13.8 Å². The Bertz CT molecular complexity index is 656. The lowest BCUT2D eigenvalue weighted by molar-refractivity contribution is 0.826. The fourth-order valence-corrected chi connectivity index (χ4v) is 3.46. The van der Waals surface area contributed by atoms with E-state index in [-0.39, 0.29) is 5.28 Å². The van der Waals surface area contributed by atoms with Crippen LogP contribution in [0.5, 0.6) is 0 Å². The maximum atomic E-state index is 6.06. The molecular weight excluding hydrogens is 304 g/mol. The first-order valence-corrected chi connectivity index (χ1v) is 8.23. The Kier molecular flexibility index (Phi) is 4.31. The standard InChI is InChI=1S/C15H17ClN4S/c1-10-5-6-12(11(2)9-10)21-15-18-13(16)17-14(19-15)20-7-3-4-8-20/h5-6,9H,3-4,7-8H2,1-2H3. The Balaban J connectivity index is 1.87. The molecule has 1 aromatic heterocycles. The second kappa shape index (κ2) is 6.20. The van der Waals surface area contributed by atoms with Gasteiger partial charge < -0.3 is 4.90 Å². The van der Waals surface area contributed by atoms with Gasteiger partial charge in [-0.05, 0) is 61.7 Å². The molecule has 0 atom stereocenters. The lowest BCUT2D eigenvalue weighted by Crippen LogP contribution is -2.21. The fourth-order valence-electron chi connectivity index (χ4n) is 2.44. The van der Waals surface area contributed by atoms with Gasteiger partial charge in [0.1, 0.15) is 0 Å².